The first kappa shape index (κ1) is 17.0. The Balaban J connectivity index is 2.75. The molecule has 1 aromatic heterocycles. The molecular formula is C15H17ClN4O3. The van der Waals surface area contributed by atoms with Crippen LogP contribution in [0.4, 0.5) is 0 Å². The van der Waals surface area contributed by atoms with Crippen LogP contribution in [0.5, 0.6) is 0 Å². The van der Waals surface area contributed by atoms with E-state index >= 15 is 0 Å². The lowest BCUT2D eigenvalue weighted by molar-refractivity contribution is 0.0946. The predicted molar refractivity (Wildman–Crippen MR) is 87.5 cm³/mol. The molecule has 1 aromatic carbocycles. The molecule has 0 atom stereocenters. The van der Waals surface area contributed by atoms with Gasteiger partial charge >= 0.3 is 5.69 Å². The SMILES string of the molecule is CCNC(=O)c1nn(-c2ccc(C)c(Cl)c2)c(=O)n(CC)c1=O. The van der Waals surface area contributed by atoms with E-state index < -0.39 is 17.2 Å². The molecule has 1 amide bonds. The van der Waals surface area contributed by atoms with E-state index in [4.69, 9.17) is 11.6 Å². The van der Waals surface area contributed by atoms with Gasteiger partial charge in [-0.25, -0.2) is 4.79 Å². The lowest BCUT2D eigenvalue weighted by atomic mass is 10.2. The highest BCUT2D eigenvalue weighted by molar-refractivity contribution is 6.31. The van der Waals surface area contributed by atoms with Gasteiger partial charge in [0.05, 0.1) is 5.69 Å². The summed E-state index contributed by atoms with van der Waals surface area (Å²) in [5, 5.41) is 6.92. The van der Waals surface area contributed by atoms with Crippen LogP contribution < -0.4 is 16.6 Å². The first-order valence-corrected chi connectivity index (χ1v) is 7.57. The van der Waals surface area contributed by atoms with E-state index in [2.05, 4.69) is 10.4 Å². The van der Waals surface area contributed by atoms with Crippen LogP contribution in [0.1, 0.15) is 29.9 Å². The Bertz CT molecular complexity index is 870. The second kappa shape index (κ2) is 6.78. The quantitative estimate of drug-likeness (QED) is 0.906. The third-order valence-electron chi connectivity index (χ3n) is 3.33. The molecule has 2 aromatic rings. The topological polar surface area (TPSA) is 86.0 Å². The Morgan fingerprint density at radius 1 is 1.30 bits per heavy atom. The number of aryl methyl sites for hydroxylation is 1. The fraction of sp³-hybridized carbons (Fsp3) is 0.333. The molecule has 0 aliphatic heterocycles. The summed E-state index contributed by atoms with van der Waals surface area (Å²) in [5.41, 5.74) is -0.428. The fourth-order valence-corrected chi connectivity index (χ4v) is 2.24. The molecule has 23 heavy (non-hydrogen) atoms. The Morgan fingerprint density at radius 2 is 2.00 bits per heavy atom. The smallest absolute Gasteiger partial charge is 0.351 e. The van der Waals surface area contributed by atoms with E-state index in [1.54, 1.807) is 32.0 Å². The van der Waals surface area contributed by atoms with Crippen molar-refractivity contribution in [2.75, 3.05) is 6.54 Å². The number of carbonyl (C=O) groups is 1. The van der Waals surface area contributed by atoms with Gasteiger partial charge in [-0.15, -0.1) is 0 Å². The van der Waals surface area contributed by atoms with E-state index in [-0.39, 0.29) is 12.2 Å². The van der Waals surface area contributed by atoms with Gasteiger partial charge in [0.15, 0.2) is 0 Å². The molecule has 0 radical (unpaired) electrons. The van der Waals surface area contributed by atoms with Crippen LogP contribution in [-0.2, 0) is 6.54 Å². The normalized spacial score (nSPS) is 10.6. The largest absolute Gasteiger partial charge is 0.352 e. The number of hydrogen-bond donors (Lipinski definition) is 1. The molecule has 0 saturated carbocycles. The van der Waals surface area contributed by atoms with E-state index in [9.17, 15) is 14.4 Å². The zero-order valence-electron chi connectivity index (χ0n) is 13.1. The van der Waals surface area contributed by atoms with Gasteiger partial charge in [0.2, 0.25) is 5.69 Å². The Hall–Kier alpha value is -2.41. The van der Waals surface area contributed by atoms with Gasteiger partial charge in [-0.3, -0.25) is 14.2 Å². The lowest BCUT2D eigenvalue weighted by Crippen LogP contribution is -2.45. The molecule has 1 N–H and O–H groups in total. The van der Waals surface area contributed by atoms with Gasteiger partial charge in [0.25, 0.3) is 11.5 Å². The number of aromatic nitrogens is 3. The summed E-state index contributed by atoms with van der Waals surface area (Å²) in [5.74, 6) is -0.619. The number of nitrogens with one attached hydrogen (secondary N) is 1. The fourth-order valence-electron chi connectivity index (χ4n) is 2.06. The van der Waals surface area contributed by atoms with Crippen LogP contribution in [0.2, 0.25) is 5.02 Å². The van der Waals surface area contributed by atoms with E-state index in [0.717, 1.165) is 14.8 Å². The van der Waals surface area contributed by atoms with Crippen LogP contribution in [-0.4, -0.2) is 26.8 Å². The van der Waals surface area contributed by atoms with Crippen molar-refractivity contribution in [3.8, 4) is 5.69 Å². The maximum Gasteiger partial charge on any atom is 0.352 e. The summed E-state index contributed by atoms with van der Waals surface area (Å²) >= 11 is 6.08. The second-order valence-electron chi connectivity index (χ2n) is 4.89. The van der Waals surface area contributed by atoms with Crippen LogP contribution in [0.3, 0.4) is 0 Å². The van der Waals surface area contributed by atoms with E-state index in [0.29, 0.717) is 17.3 Å². The lowest BCUT2D eigenvalue weighted by Gasteiger charge is -2.11. The molecule has 0 bridgehead atoms. The molecule has 7 nitrogen and oxygen atoms in total. The van der Waals surface area contributed by atoms with Gasteiger partial charge in [-0.1, -0.05) is 17.7 Å². The molecule has 2 rings (SSSR count). The molecule has 0 saturated heterocycles. The molecule has 0 aliphatic rings. The van der Waals surface area contributed by atoms with Gasteiger partial charge in [-0.05, 0) is 38.5 Å². The van der Waals surface area contributed by atoms with Crippen molar-refractivity contribution in [3.63, 3.8) is 0 Å². The Labute approximate surface area is 137 Å². The molecule has 0 fully saturated rings. The van der Waals surface area contributed by atoms with Crippen molar-refractivity contribution in [2.45, 2.75) is 27.3 Å². The summed E-state index contributed by atoms with van der Waals surface area (Å²) < 4.78 is 1.98. The summed E-state index contributed by atoms with van der Waals surface area (Å²) in [4.78, 5) is 36.7. The maximum absolute atomic E-state index is 12.4. The Morgan fingerprint density at radius 3 is 2.57 bits per heavy atom. The minimum atomic E-state index is -0.710. The Kier molecular flexibility index (Phi) is 5.00. The van der Waals surface area contributed by atoms with Crippen molar-refractivity contribution in [3.05, 3.63) is 55.3 Å². The molecule has 0 spiro atoms. The van der Waals surface area contributed by atoms with E-state index in [1.807, 2.05) is 6.92 Å². The van der Waals surface area contributed by atoms with Crippen LogP contribution in [0.15, 0.2) is 27.8 Å². The number of amides is 1. The van der Waals surface area contributed by atoms with Gasteiger partial charge in [0, 0.05) is 18.1 Å². The molecule has 8 heteroatoms. The van der Waals surface area contributed by atoms with Crippen LogP contribution >= 0.6 is 11.6 Å². The minimum Gasteiger partial charge on any atom is -0.351 e. The standard InChI is InChI=1S/C15H17ClN4O3/c1-4-17-13(21)12-14(22)19(5-2)15(23)20(18-12)10-7-6-9(3)11(16)8-10/h6-8H,4-5H2,1-3H3,(H,17,21). The zero-order valence-corrected chi connectivity index (χ0v) is 13.8. The molecule has 1 heterocycles. The highest BCUT2D eigenvalue weighted by atomic mass is 35.5. The third kappa shape index (κ3) is 3.19. The average Bonchev–Trinajstić information content (AvgIpc) is 2.51. The van der Waals surface area contributed by atoms with E-state index in [1.165, 1.54) is 0 Å². The zero-order chi connectivity index (χ0) is 17.1. The highest BCUT2D eigenvalue weighted by Gasteiger charge is 2.19. The predicted octanol–water partition coefficient (Wildman–Crippen LogP) is 1.13. The first-order valence-electron chi connectivity index (χ1n) is 7.19. The van der Waals surface area contributed by atoms with Gasteiger partial charge in [0.1, 0.15) is 0 Å². The molecule has 0 unspecified atom stereocenters. The third-order valence-corrected chi connectivity index (χ3v) is 3.74. The summed E-state index contributed by atoms with van der Waals surface area (Å²) in [6, 6.07) is 4.96. The summed E-state index contributed by atoms with van der Waals surface area (Å²) in [6.07, 6.45) is 0. The van der Waals surface area contributed by atoms with Crippen molar-refractivity contribution in [1.82, 2.24) is 19.7 Å². The molecule has 0 aliphatic carbocycles. The highest BCUT2D eigenvalue weighted by Crippen LogP contribution is 2.17. The molecule has 122 valence electrons. The minimum absolute atomic E-state index is 0.131. The van der Waals surface area contributed by atoms with Crippen molar-refractivity contribution < 1.29 is 4.79 Å². The molecular weight excluding hydrogens is 320 g/mol. The van der Waals surface area contributed by atoms with Crippen LogP contribution in [0, 0.1) is 6.92 Å². The second-order valence-corrected chi connectivity index (χ2v) is 5.29. The van der Waals surface area contributed by atoms with Crippen LogP contribution in [0.25, 0.3) is 5.69 Å². The van der Waals surface area contributed by atoms with Gasteiger partial charge < -0.3 is 5.32 Å². The maximum atomic E-state index is 12.4. The number of halogens is 1. The van der Waals surface area contributed by atoms with Crippen molar-refractivity contribution >= 4 is 17.5 Å². The number of benzene rings is 1. The number of nitrogens with zero attached hydrogens (tertiary/aromatic N) is 3. The number of hydrogen-bond acceptors (Lipinski definition) is 4. The summed E-state index contributed by atoms with van der Waals surface area (Å²) in [7, 11) is 0. The van der Waals surface area contributed by atoms with Crippen molar-refractivity contribution in [2.24, 2.45) is 0 Å². The first-order chi connectivity index (χ1) is 10.9. The van der Waals surface area contributed by atoms with Crippen molar-refractivity contribution in [1.29, 1.82) is 0 Å². The number of rotatable bonds is 4. The average molecular weight is 337 g/mol. The monoisotopic (exact) mass is 336 g/mol. The number of carbonyl (C=O) groups excluding carboxylic acids is 1. The van der Waals surface area contributed by atoms with Gasteiger partial charge in [-0.2, -0.15) is 9.78 Å². The summed E-state index contributed by atoms with van der Waals surface area (Å²) in [6.45, 7) is 5.69.